The third-order valence-electron chi connectivity index (χ3n) is 6.16. The Labute approximate surface area is 181 Å². The molecule has 31 heavy (non-hydrogen) atoms. The van der Waals surface area contributed by atoms with Crippen molar-refractivity contribution in [3.8, 4) is 0 Å². The van der Waals surface area contributed by atoms with Crippen LogP contribution in [0.4, 0.5) is 10.8 Å². The van der Waals surface area contributed by atoms with Crippen molar-refractivity contribution in [1.29, 1.82) is 0 Å². The van der Waals surface area contributed by atoms with E-state index >= 15 is 0 Å². The summed E-state index contributed by atoms with van der Waals surface area (Å²) in [5, 5.41) is 13.5. The van der Waals surface area contributed by atoms with E-state index in [1.54, 1.807) is 30.8 Å². The number of ketones is 1. The number of thiazole rings is 1. The molecule has 1 aromatic carbocycles. The lowest BCUT2D eigenvalue weighted by atomic mass is 9.76. The molecular formula is C21H19N3O6S. The largest absolute Gasteiger partial charge is 0.483 e. The molecule has 0 radical (unpaired) electrons. The van der Waals surface area contributed by atoms with E-state index in [1.165, 1.54) is 28.4 Å². The van der Waals surface area contributed by atoms with Gasteiger partial charge in [-0.3, -0.25) is 24.6 Å². The minimum absolute atomic E-state index is 0.0182. The monoisotopic (exact) mass is 441 g/mol. The molecule has 10 heteroatoms. The van der Waals surface area contributed by atoms with Crippen LogP contribution in [-0.2, 0) is 19.1 Å². The van der Waals surface area contributed by atoms with Gasteiger partial charge in [0.1, 0.15) is 6.10 Å². The normalized spacial score (nSPS) is 27.7. The number of rotatable bonds is 4. The quantitative estimate of drug-likeness (QED) is 0.529. The second-order valence-electron chi connectivity index (χ2n) is 7.79. The smallest absolute Gasteiger partial charge is 0.296 e. The molecule has 4 atom stereocenters. The SMILES string of the molecule is COC1CCC2C(=O)C3=C(OC2C1)C(=O)N(c1nccs1)C3c1cccc([N+](=O)[O-])c1. The maximum Gasteiger partial charge on any atom is 0.296 e. The van der Waals surface area contributed by atoms with E-state index in [9.17, 15) is 19.7 Å². The van der Waals surface area contributed by atoms with E-state index < -0.39 is 23.0 Å². The van der Waals surface area contributed by atoms with Crippen molar-refractivity contribution < 1.29 is 24.0 Å². The lowest BCUT2D eigenvalue weighted by Gasteiger charge is -2.38. The van der Waals surface area contributed by atoms with Gasteiger partial charge in [0.15, 0.2) is 16.7 Å². The van der Waals surface area contributed by atoms with Crippen LogP contribution in [0.25, 0.3) is 0 Å². The van der Waals surface area contributed by atoms with Gasteiger partial charge in [-0.15, -0.1) is 11.3 Å². The molecule has 0 N–H and O–H groups in total. The highest BCUT2D eigenvalue weighted by molar-refractivity contribution is 7.13. The molecule has 9 nitrogen and oxygen atoms in total. The Morgan fingerprint density at radius 3 is 2.87 bits per heavy atom. The topological polar surface area (TPSA) is 112 Å². The minimum atomic E-state index is -0.817. The fraction of sp³-hybridized carbons (Fsp3) is 0.381. The Morgan fingerprint density at radius 2 is 2.16 bits per heavy atom. The van der Waals surface area contributed by atoms with Gasteiger partial charge in [-0.05, 0) is 18.4 Å². The predicted octanol–water partition coefficient (Wildman–Crippen LogP) is 3.18. The fourth-order valence-electron chi connectivity index (χ4n) is 4.70. The number of nitrogens with zero attached hydrogens (tertiary/aromatic N) is 3. The second-order valence-corrected chi connectivity index (χ2v) is 8.66. The average molecular weight is 441 g/mol. The summed E-state index contributed by atoms with van der Waals surface area (Å²) in [5.41, 5.74) is 0.627. The molecule has 3 aliphatic rings. The Hall–Kier alpha value is -3.11. The lowest BCUT2D eigenvalue weighted by Crippen LogP contribution is -2.43. The number of hydrogen-bond donors (Lipinski definition) is 0. The summed E-state index contributed by atoms with van der Waals surface area (Å²) in [4.78, 5) is 43.5. The molecule has 1 saturated carbocycles. The third-order valence-corrected chi connectivity index (χ3v) is 6.93. The van der Waals surface area contributed by atoms with Gasteiger partial charge in [0, 0.05) is 37.2 Å². The summed E-state index contributed by atoms with van der Waals surface area (Å²) in [6.45, 7) is 0. The van der Waals surface area contributed by atoms with E-state index in [0.717, 1.165) is 6.42 Å². The van der Waals surface area contributed by atoms with E-state index in [-0.39, 0.29) is 34.8 Å². The van der Waals surface area contributed by atoms with Gasteiger partial charge in [0.05, 0.1) is 28.6 Å². The molecule has 0 saturated heterocycles. The standard InChI is InChI=1S/C21H19N3O6S/c1-29-13-5-6-14-15(10-13)30-19-16(18(14)25)17(11-3-2-4-12(9-11)24(27)28)23(20(19)26)21-22-7-8-31-21/h2-4,7-9,13-15,17H,5-6,10H2,1H3. The van der Waals surface area contributed by atoms with Crippen molar-refractivity contribution in [2.24, 2.45) is 5.92 Å². The first kappa shape index (κ1) is 19.8. The van der Waals surface area contributed by atoms with Crippen LogP contribution in [0.1, 0.15) is 30.9 Å². The zero-order valence-electron chi connectivity index (χ0n) is 16.6. The Kier molecular flexibility index (Phi) is 4.82. The van der Waals surface area contributed by atoms with Crippen LogP contribution in [0.15, 0.2) is 47.2 Å². The van der Waals surface area contributed by atoms with Crippen LogP contribution in [0.5, 0.6) is 0 Å². The zero-order chi connectivity index (χ0) is 21.7. The molecule has 0 bridgehead atoms. The minimum Gasteiger partial charge on any atom is -0.483 e. The summed E-state index contributed by atoms with van der Waals surface area (Å²) < 4.78 is 11.6. The number of fused-ring (bicyclic) bond motifs is 1. The van der Waals surface area contributed by atoms with Crippen molar-refractivity contribution in [1.82, 2.24) is 4.98 Å². The number of anilines is 1. The third kappa shape index (κ3) is 3.14. The van der Waals surface area contributed by atoms with Crippen LogP contribution < -0.4 is 4.90 Å². The fourth-order valence-corrected chi connectivity index (χ4v) is 5.37. The number of hydrogen-bond acceptors (Lipinski definition) is 8. The Bertz CT molecular complexity index is 1100. The molecule has 2 aliphatic heterocycles. The predicted molar refractivity (Wildman–Crippen MR) is 110 cm³/mol. The van der Waals surface area contributed by atoms with Gasteiger partial charge in [-0.2, -0.15) is 0 Å². The molecule has 160 valence electrons. The van der Waals surface area contributed by atoms with Crippen LogP contribution in [-0.4, -0.2) is 40.9 Å². The van der Waals surface area contributed by atoms with Crippen LogP contribution in [0.2, 0.25) is 0 Å². The van der Waals surface area contributed by atoms with Gasteiger partial charge >= 0.3 is 0 Å². The Balaban J connectivity index is 1.62. The number of benzene rings is 1. The summed E-state index contributed by atoms with van der Waals surface area (Å²) in [7, 11) is 1.63. The maximum atomic E-state index is 13.6. The first-order chi connectivity index (χ1) is 15.0. The van der Waals surface area contributed by atoms with E-state index in [0.29, 0.717) is 23.5 Å². The van der Waals surface area contributed by atoms with Gasteiger partial charge in [-0.25, -0.2) is 4.98 Å². The summed E-state index contributed by atoms with van der Waals surface area (Å²) in [6.07, 6.45) is 3.01. The first-order valence-electron chi connectivity index (χ1n) is 9.94. The number of nitro groups is 1. The van der Waals surface area contributed by atoms with Crippen molar-refractivity contribution in [3.05, 3.63) is 62.9 Å². The molecule has 1 aliphatic carbocycles. The first-order valence-corrected chi connectivity index (χ1v) is 10.8. The molecule has 4 unspecified atom stereocenters. The number of carbonyl (C=O) groups is 2. The van der Waals surface area contributed by atoms with Crippen LogP contribution in [0, 0.1) is 16.0 Å². The number of carbonyl (C=O) groups excluding carboxylic acids is 2. The molecular weight excluding hydrogens is 422 g/mol. The average Bonchev–Trinajstić information content (AvgIpc) is 3.40. The van der Waals surface area contributed by atoms with Gasteiger partial charge in [0.2, 0.25) is 0 Å². The molecule has 5 rings (SSSR count). The van der Waals surface area contributed by atoms with Crippen LogP contribution in [0.3, 0.4) is 0 Å². The van der Waals surface area contributed by atoms with Crippen molar-refractivity contribution in [3.63, 3.8) is 0 Å². The van der Waals surface area contributed by atoms with E-state index in [4.69, 9.17) is 9.47 Å². The van der Waals surface area contributed by atoms with Crippen molar-refractivity contribution in [2.75, 3.05) is 12.0 Å². The lowest BCUT2D eigenvalue weighted by molar-refractivity contribution is -0.384. The maximum absolute atomic E-state index is 13.6. The van der Waals surface area contributed by atoms with Crippen molar-refractivity contribution >= 4 is 33.8 Å². The highest BCUT2D eigenvalue weighted by Crippen LogP contribution is 2.49. The highest BCUT2D eigenvalue weighted by atomic mass is 32.1. The number of ether oxygens (including phenoxy) is 2. The Morgan fingerprint density at radius 1 is 1.32 bits per heavy atom. The van der Waals surface area contributed by atoms with Gasteiger partial charge in [-0.1, -0.05) is 12.1 Å². The van der Waals surface area contributed by atoms with E-state index in [1.807, 2.05) is 0 Å². The van der Waals surface area contributed by atoms with Gasteiger partial charge < -0.3 is 9.47 Å². The van der Waals surface area contributed by atoms with Gasteiger partial charge in [0.25, 0.3) is 11.6 Å². The molecule has 3 heterocycles. The number of nitro benzene ring substituents is 1. The molecule has 1 aromatic heterocycles. The second kappa shape index (κ2) is 7.54. The molecule has 1 fully saturated rings. The van der Waals surface area contributed by atoms with E-state index in [2.05, 4.69) is 4.98 Å². The number of methoxy groups -OCH3 is 1. The number of aromatic nitrogens is 1. The number of amides is 1. The van der Waals surface area contributed by atoms with Crippen molar-refractivity contribution in [2.45, 2.75) is 37.5 Å². The van der Waals surface area contributed by atoms with Crippen LogP contribution >= 0.6 is 11.3 Å². The summed E-state index contributed by atoms with van der Waals surface area (Å²) in [6, 6.07) is 5.20. The summed E-state index contributed by atoms with van der Waals surface area (Å²) in [5.74, 6) is -0.928. The number of Topliss-reactive ketones (excluding diaryl/α,β-unsaturated/α-hetero) is 1. The number of non-ortho nitro benzene ring substituents is 1. The zero-order valence-corrected chi connectivity index (χ0v) is 17.4. The molecule has 0 spiro atoms. The molecule has 2 aromatic rings. The summed E-state index contributed by atoms with van der Waals surface area (Å²) >= 11 is 1.26. The highest BCUT2D eigenvalue weighted by Gasteiger charge is 2.54. The molecule has 1 amide bonds.